The number of hydrogen-bond acceptors (Lipinski definition) is 3. The molecule has 10 heavy (non-hydrogen) atoms. The van der Waals surface area contributed by atoms with E-state index in [0.29, 0.717) is 13.3 Å². The van der Waals surface area contributed by atoms with Gasteiger partial charge in [-0.2, -0.15) is 0 Å². The molecule has 1 rings (SSSR count). The molecule has 0 aliphatic carbocycles. The summed E-state index contributed by atoms with van der Waals surface area (Å²) in [6, 6.07) is 0. The minimum Gasteiger partial charge on any atom is -0.665 e. The van der Waals surface area contributed by atoms with Gasteiger partial charge in [0.25, 0.3) is 0 Å². The Kier molecular flexibility index (Phi) is 15.8. The van der Waals surface area contributed by atoms with Crippen molar-refractivity contribution in [2.75, 3.05) is 20.0 Å². The number of ether oxygens (including phenoxy) is 2. The number of rotatable bonds is 0. The molecule has 0 aromatic heterocycles. The van der Waals surface area contributed by atoms with Gasteiger partial charge >= 0.3 is 29.6 Å². The van der Waals surface area contributed by atoms with Gasteiger partial charge in [0.15, 0.2) is 0 Å². The standard InChI is InChI=1S/C4H8O2.CHO2.Na/c1-2-5-4-6-3-1;2-1-3;/h1-4H2;(H,2,3);/q;-1;+1. The molecule has 1 N–H and O–H groups in total. The van der Waals surface area contributed by atoms with E-state index in [1.807, 2.05) is 0 Å². The van der Waals surface area contributed by atoms with Crippen LogP contribution in [0.3, 0.4) is 0 Å². The fraction of sp³-hybridized carbons (Fsp3) is 0.800. The Labute approximate surface area is 81.8 Å². The van der Waals surface area contributed by atoms with Gasteiger partial charge in [0.2, 0.25) is 0 Å². The van der Waals surface area contributed by atoms with Crippen molar-refractivity contribution in [3.63, 3.8) is 0 Å². The molecule has 1 heterocycles. The minimum atomic E-state index is 0. The molecule has 0 amide bonds. The zero-order chi connectivity index (χ0) is 6.95. The van der Waals surface area contributed by atoms with E-state index in [9.17, 15) is 0 Å². The van der Waals surface area contributed by atoms with Crippen molar-refractivity contribution in [3.8, 4) is 0 Å². The first-order chi connectivity index (χ1) is 4.41. The van der Waals surface area contributed by atoms with Crippen LogP contribution in [-0.2, 0) is 14.3 Å². The molecule has 0 spiro atoms. The minimum absolute atomic E-state index is 0. The van der Waals surface area contributed by atoms with E-state index in [-0.39, 0.29) is 29.6 Å². The molecule has 1 fully saturated rings. The summed E-state index contributed by atoms with van der Waals surface area (Å²) in [6.07, 6.45) is 1.06. The van der Waals surface area contributed by atoms with Crippen LogP contribution in [0.2, 0.25) is 0 Å². The molecule has 0 atom stereocenters. The summed E-state index contributed by atoms with van der Waals surface area (Å²) in [5.74, 6) is 0. The van der Waals surface area contributed by atoms with Gasteiger partial charge in [-0.1, -0.05) is 6.47 Å². The van der Waals surface area contributed by atoms with Gasteiger partial charge in [0.1, 0.15) is 6.79 Å². The van der Waals surface area contributed by atoms with Gasteiger partial charge in [-0.15, -0.1) is 0 Å². The Morgan fingerprint density at radius 3 is 1.80 bits per heavy atom. The van der Waals surface area contributed by atoms with Crippen molar-refractivity contribution in [2.45, 2.75) is 6.42 Å². The van der Waals surface area contributed by atoms with E-state index in [1.165, 1.54) is 0 Å². The molecule has 4 nitrogen and oxygen atoms in total. The third kappa shape index (κ3) is 11.2. The van der Waals surface area contributed by atoms with Gasteiger partial charge in [-0.3, -0.25) is 0 Å². The molecular formula is C5H9NaO4. The quantitative estimate of drug-likeness (QED) is 0.300. The molecule has 0 bridgehead atoms. The van der Waals surface area contributed by atoms with Crippen molar-refractivity contribution in [2.24, 2.45) is 0 Å². The second kappa shape index (κ2) is 12.1. The van der Waals surface area contributed by atoms with Crippen molar-refractivity contribution in [1.82, 2.24) is 0 Å². The van der Waals surface area contributed by atoms with Crippen LogP contribution < -0.4 is 29.6 Å². The van der Waals surface area contributed by atoms with Crippen LogP contribution >= 0.6 is 0 Å². The smallest absolute Gasteiger partial charge is 0.665 e. The maximum atomic E-state index is 8.24. The van der Waals surface area contributed by atoms with Gasteiger partial charge in [0, 0.05) is 0 Å². The third-order valence-corrected chi connectivity index (χ3v) is 0.744. The average molecular weight is 156 g/mol. The first kappa shape index (κ1) is 13.0. The van der Waals surface area contributed by atoms with Crippen LogP contribution in [0.15, 0.2) is 0 Å². The first-order valence-corrected chi connectivity index (χ1v) is 2.58. The summed E-state index contributed by atoms with van der Waals surface area (Å²) in [4.78, 5) is 8.24. The normalized spacial score (nSPS) is 15.6. The first-order valence-electron chi connectivity index (χ1n) is 2.58. The SMILES string of the molecule is C1COCOC1.O=[C-]O.[Na+]. The van der Waals surface area contributed by atoms with Crippen LogP contribution in [0.25, 0.3) is 0 Å². The largest absolute Gasteiger partial charge is 1.00 e. The van der Waals surface area contributed by atoms with Crippen LogP contribution in [0.4, 0.5) is 0 Å². The van der Waals surface area contributed by atoms with Crippen LogP contribution in [0.5, 0.6) is 0 Å². The van der Waals surface area contributed by atoms with Crippen LogP contribution in [-0.4, -0.2) is 31.6 Å². The Hall–Kier alpha value is 0.390. The summed E-state index contributed by atoms with van der Waals surface area (Å²) < 4.78 is 9.69. The molecule has 0 unspecified atom stereocenters. The summed E-state index contributed by atoms with van der Waals surface area (Å²) in [6.45, 7) is 2.75. The molecule has 1 aliphatic rings. The summed E-state index contributed by atoms with van der Waals surface area (Å²) in [7, 11) is 0. The van der Waals surface area contributed by atoms with Gasteiger partial charge < -0.3 is 19.4 Å². The Morgan fingerprint density at radius 2 is 1.70 bits per heavy atom. The van der Waals surface area contributed by atoms with Gasteiger partial charge in [-0.05, 0) is 6.42 Å². The maximum Gasteiger partial charge on any atom is 1.00 e. The molecule has 54 valence electrons. The predicted octanol–water partition coefficient (Wildman–Crippen LogP) is -3.00. The summed E-state index contributed by atoms with van der Waals surface area (Å²) >= 11 is 0. The Bertz CT molecular complexity index is 53.2. The number of hydrogen-bond donors (Lipinski definition) is 1. The van der Waals surface area contributed by atoms with E-state index in [4.69, 9.17) is 19.4 Å². The molecule has 0 aromatic rings. The molecule has 5 heteroatoms. The zero-order valence-corrected chi connectivity index (χ0v) is 8.00. The molecule has 1 saturated heterocycles. The fourth-order valence-corrected chi connectivity index (χ4v) is 0.440. The molecule has 1 aliphatic heterocycles. The molecule has 0 saturated carbocycles. The topological polar surface area (TPSA) is 55.8 Å². The van der Waals surface area contributed by atoms with Gasteiger partial charge in [-0.25, -0.2) is 0 Å². The number of aliphatic hydroxyl groups excluding tert-OH is 1. The Balaban J connectivity index is 0. The van der Waals surface area contributed by atoms with Gasteiger partial charge in [0.05, 0.1) is 13.2 Å². The van der Waals surface area contributed by atoms with E-state index in [2.05, 4.69) is 0 Å². The third-order valence-electron chi connectivity index (χ3n) is 0.744. The second-order valence-corrected chi connectivity index (χ2v) is 1.38. The Morgan fingerprint density at radius 1 is 1.30 bits per heavy atom. The van der Waals surface area contributed by atoms with Crippen molar-refractivity contribution < 1.29 is 48.9 Å². The van der Waals surface area contributed by atoms with E-state index in [1.54, 1.807) is 0 Å². The fourth-order valence-electron chi connectivity index (χ4n) is 0.440. The molecular weight excluding hydrogens is 147 g/mol. The van der Waals surface area contributed by atoms with Crippen molar-refractivity contribution in [3.05, 3.63) is 0 Å². The predicted molar refractivity (Wildman–Crippen MR) is 29.7 cm³/mol. The summed E-state index contributed by atoms with van der Waals surface area (Å²) in [5.41, 5.74) is 0. The maximum absolute atomic E-state index is 8.24. The van der Waals surface area contributed by atoms with Crippen molar-refractivity contribution in [1.29, 1.82) is 0 Å². The van der Waals surface area contributed by atoms with E-state index >= 15 is 0 Å². The molecule has 0 aromatic carbocycles. The van der Waals surface area contributed by atoms with Crippen LogP contribution in [0.1, 0.15) is 6.42 Å². The zero-order valence-electron chi connectivity index (χ0n) is 6.00. The van der Waals surface area contributed by atoms with Crippen LogP contribution in [0, 0.1) is 0 Å². The van der Waals surface area contributed by atoms with Crippen molar-refractivity contribution >= 4 is 6.47 Å². The summed E-state index contributed by atoms with van der Waals surface area (Å²) in [5, 5.41) is 6.76. The molecule has 0 radical (unpaired) electrons. The average Bonchev–Trinajstić information content (AvgIpc) is 1.93. The second-order valence-electron chi connectivity index (χ2n) is 1.38. The van der Waals surface area contributed by atoms with E-state index < -0.39 is 0 Å². The monoisotopic (exact) mass is 156 g/mol. The van der Waals surface area contributed by atoms with E-state index in [0.717, 1.165) is 19.6 Å².